The van der Waals surface area contributed by atoms with Gasteiger partial charge < -0.3 is 4.74 Å². The van der Waals surface area contributed by atoms with Crippen LogP contribution in [0.5, 0.6) is 5.75 Å². The Morgan fingerprint density at radius 3 is 2.95 bits per heavy atom. The number of aryl methyl sites for hydroxylation is 1. The van der Waals surface area contributed by atoms with Gasteiger partial charge in [-0.25, -0.2) is 9.97 Å². The molecule has 0 bridgehead atoms. The lowest BCUT2D eigenvalue weighted by Gasteiger charge is -2.24. The van der Waals surface area contributed by atoms with E-state index in [2.05, 4.69) is 45.5 Å². The molecule has 0 saturated carbocycles. The van der Waals surface area contributed by atoms with E-state index in [4.69, 9.17) is 16.3 Å². The first-order chi connectivity index (χ1) is 9.69. The Morgan fingerprint density at radius 2 is 2.15 bits per heavy atom. The maximum absolute atomic E-state index is 6.22. The van der Waals surface area contributed by atoms with Crippen LogP contribution >= 0.6 is 34.2 Å². The highest BCUT2D eigenvalue weighted by Crippen LogP contribution is 2.32. The standard InChI is InChI=1S/C15H14ClIN2O/c1-2-11-13(17)14(16)19-15(18-11)10-7-9-5-3-4-6-12(9)20-8-10/h3-6,10H,2,7-8H2,1H3. The van der Waals surface area contributed by atoms with Crippen LogP contribution in [0.1, 0.15) is 29.9 Å². The Morgan fingerprint density at radius 1 is 1.35 bits per heavy atom. The summed E-state index contributed by atoms with van der Waals surface area (Å²) in [6, 6.07) is 8.12. The number of hydrogen-bond acceptors (Lipinski definition) is 3. The highest BCUT2D eigenvalue weighted by atomic mass is 127. The molecule has 3 nitrogen and oxygen atoms in total. The molecule has 1 atom stereocenters. The molecule has 104 valence electrons. The van der Waals surface area contributed by atoms with E-state index in [0.29, 0.717) is 11.8 Å². The van der Waals surface area contributed by atoms with Gasteiger partial charge in [0.05, 0.1) is 21.8 Å². The topological polar surface area (TPSA) is 35.0 Å². The van der Waals surface area contributed by atoms with Crippen LogP contribution < -0.4 is 4.74 Å². The number of fused-ring (bicyclic) bond motifs is 1. The molecule has 1 unspecified atom stereocenters. The van der Waals surface area contributed by atoms with Crippen molar-refractivity contribution in [3.63, 3.8) is 0 Å². The third kappa shape index (κ3) is 2.63. The summed E-state index contributed by atoms with van der Waals surface area (Å²) in [5.41, 5.74) is 2.22. The number of nitrogens with zero attached hydrogens (tertiary/aromatic N) is 2. The number of hydrogen-bond donors (Lipinski definition) is 0. The second kappa shape index (κ2) is 5.85. The van der Waals surface area contributed by atoms with Crippen molar-refractivity contribution in [3.8, 4) is 5.75 Å². The molecule has 20 heavy (non-hydrogen) atoms. The van der Waals surface area contributed by atoms with E-state index in [-0.39, 0.29) is 5.92 Å². The maximum atomic E-state index is 6.22. The average Bonchev–Trinajstić information content (AvgIpc) is 2.49. The minimum atomic E-state index is 0.171. The Kier molecular flexibility index (Phi) is 4.12. The first-order valence-electron chi connectivity index (χ1n) is 6.61. The largest absolute Gasteiger partial charge is 0.493 e. The van der Waals surface area contributed by atoms with Crippen molar-refractivity contribution in [2.45, 2.75) is 25.7 Å². The molecular weight excluding hydrogens is 387 g/mol. The number of aromatic nitrogens is 2. The van der Waals surface area contributed by atoms with Gasteiger partial charge in [-0.15, -0.1) is 0 Å². The quantitative estimate of drug-likeness (QED) is 0.564. The number of halogens is 2. The minimum absolute atomic E-state index is 0.171. The fourth-order valence-electron chi connectivity index (χ4n) is 2.39. The van der Waals surface area contributed by atoms with Gasteiger partial charge in [-0.3, -0.25) is 0 Å². The van der Waals surface area contributed by atoms with Crippen molar-refractivity contribution in [3.05, 3.63) is 50.1 Å². The van der Waals surface area contributed by atoms with E-state index < -0.39 is 0 Å². The molecular formula is C15H14ClIN2O. The number of para-hydroxylation sites is 1. The fraction of sp³-hybridized carbons (Fsp3) is 0.333. The lowest BCUT2D eigenvalue weighted by molar-refractivity contribution is 0.257. The summed E-state index contributed by atoms with van der Waals surface area (Å²) in [6.45, 7) is 2.69. The monoisotopic (exact) mass is 400 g/mol. The van der Waals surface area contributed by atoms with Crippen molar-refractivity contribution in [2.75, 3.05) is 6.61 Å². The summed E-state index contributed by atoms with van der Waals surface area (Å²) in [5.74, 6) is 1.93. The van der Waals surface area contributed by atoms with Crippen LogP contribution in [0.3, 0.4) is 0 Å². The van der Waals surface area contributed by atoms with Gasteiger partial charge in [0.25, 0.3) is 0 Å². The normalized spacial score (nSPS) is 17.4. The molecule has 0 saturated heterocycles. The summed E-state index contributed by atoms with van der Waals surface area (Å²) >= 11 is 8.42. The Labute approximate surface area is 136 Å². The van der Waals surface area contributed by atoms with Crippen LogP contribution in [0.15, 0.2) is 24.3 Å². The van der Waals surface area contributed by atoms with Crippen molar-refractivity contribution < 1.29 is 4.74 Å². The van der Waals surface area contributed by atoms with Crippen LogP contribution in [0.2, 0.25) is 5.15 Å². The highest BCUT2D eigenvalue weighted by Gasteiger charge is 2.24. The molecule has 1 aromatic heterocycles. The smallest absolute Gasteiger partial charge is 0.146 e. The van der Waals surface area contributed by atoms with Crippen LogP contribution in [0.4, 0.5) is 0 Å². The van der Waals surface area contributed by atoms with Gasteiger partial charge in [0.15, 0.2) is 0 Å². The van der Waals surface area contributed by atoms with Gasteiger partial charge >= 0.3 is 0 Å². The zero-order valence-corrected chi connectivity index (χ0v) is 14.0. The van der Waals surface area contributed by atoms with E-state index in [1.807, 2.05) is 18.2 Å². The van der Waals surface area contributed by atoms with Crippen LogP contribution in [0, 0.1) is 3.57 Å². The van der Waals surface area contributed by atoms with Crippen LogP contribution in [-0.2, 0) is 12.8 Å². The second-order valence-electron chi connectivity index (χ2n) is 4.81. The van der Waals surface area contributed by atoms with Gasteiger partial charge in [-0.1, -0.05) is 36.7 Å². The van der Waals surface area contributed by atoms with Crippen LogP contribution in [0.25, 0.3) is 0 Å². The van der Waals surface area contributed by atoms with Gasteiger partial charge in [0.1, 0.15) is 16.7 Å². The van der Waals surface area contributed by atoms with E-state index in [0.717, 1.165) is 33.7 Å². The summed E-state index contributed by atoms with van der Waals surface area (Å²) < 4.78 is 6.76. The number of rotatable bonds is 2. The molecule has 3 rings (SSSR count). The molecule has 0 spiro atoms. The maximum Gasteiger partial charge on any atom is 0.146 e. The molecule has 0 radical (unpaired) electrons. The molecule has 2 aromatic rings. The SMILES string of the molecule is CCc1nc(C2COc3ccccc3C2)nc(Cl)c1I. The number of ether oxygens (including phenoxy) is 1. The molecule has 1 aromatic carbocycles. The van der Waals surface area contributed by atoms with Gasteiger partial charge in [0, 0.05) is 0 Å². The average molecular weight is 401 g/mol. The molecule has 0 fully saturated rings. The predicted molar refractivity (Wildman–Crippen MR) is 87.5 cm³/mol. The number of benzene rings is 1. The first-order valence-corrected chi connectivity index (χ1v) is 8.07. The summed E-state index contributed by atoms with van der Waals surface area (Å²) in [5, 5.41) is 0.548. The Bertz CT molecular complexity index is 648. The molecule has 1 aliphatic rings. The minimum Gasteiger partial charge on any atom is -0.493 e. The Hall–Kier alpha value is -0.880. The Balaban J connectivity index is 1.93. The molecule has 2 heterocycles. The van der Waals surface area contributed by atoms with E-state index in [1.54, 1.807) is 0 Å². The zero-order valence-electron chi connectivity index (χ0n) is 11.1. The van der Waals surface area contributed by atoms with Gasteiger partial charge in [0.2, 0.25) is 0 Å². The van der Waals surface area contributed by atoms with Crippen LogP contribution in [-0.4, -0.2) is 16.6 Å². The van der Waals surface area contributed by atoms with Gasteiger partial charge in [-0.05, 0) is 47.1 Å². The van der Waals surface area contributed by atoms with Crippen molar-refractivity contribution in [2.24, 2.45) is 0 Å². The molecule has 0 N–H and O–H groups in total. The summed E-state index contributed by atoms with van der Waals surface area (Å²) in [7, 11) is 0. The van der Waals surface area contributed by atoms with Crippen molar-refractivity contribution in [1.82, 2.24) is 9.97 Å². The molecule has 0 amide bonds. The zero-order chi connectivity index (χ0) is 14.1. The highest BCUT2D eigenvalue weighted by molar-refractivity contribution is 14.1. The van der Waals surface area contributed by atoms with E-state index in [9.17, 15) is 0 Å². The van der Waals surface area contributed by atoms with E-state index in [1.165, 1.54) is 5.56 Å². The summed E-state index contributed by atoms with van der Waals surface area (Å²) in [4.78, 5) is 9.11. The second-order valence-corrected chi connectivity index (χ2v) is 6.24. The fourth-order valence-corrected chi connectivity index (χ4v) is 3.21. The molecule has 5 heteroatoms. The lowest BCUT2D eigenvalue weighted by Crippen LogP contribution is -2.22. The molecule has 1 aliphatic heterocycles. The van der Waals surface area contributed by atoms with Crippen molar-refractivity contribution >= 4 is 34.2 Å². The third-order valence-electron chi connectivity index (χ3n) is 3.48. The van der Waals surface area contributed by atoms with Crippen molar-refractivity contribution in [1.29, 1.82) is 0 Å². The van der Waals surface area contributed by atoms with E-state index >= 15 is 0 Å². The lowest BCUT2D eigenvalue weighted by atomic mass is 9.96. The summed E-state index contributed by atoms with van der Waals surface area (Å²) in [6.07, 6.45) is 1.76. The predicted octanol–water partition coefficient (Wildman–Crippen LogP) is 4.02. The van der Waals surface area contributed by atoms with Gasteiger partial charge in [-0.2, -0.15) is 0 Å². The first kappa shape index (κ1) is 14.1. The molecule has 0 aliphatic carbocycles. The third-order valence-corrected chi connectivity index (χ3v) is 5.20.